The van der Waals surface area contributed by atoms with E-state index >= 15 is 0 Å². The van der Waals surface area contributed by atoms with Crippen LogP contribution in [0.25, 0.3) is 0 Å². The Morgan fingerprint density at radius 2 is 2.33 bits per heavy atom. The minimum atomic E-state index is -0.0488. The van der Waals surface area contributed by atoms with Gasteiger partial charge in [0.2, 0.25) is 0 Å². The van der Waals surface area contributed by atoms with E-state index in [1.807, 2.05) is 13.0 Å². The second-order valence-electron chi connectivity index (χ2n) is 3.26. The van der Waals surface area contributed by atoms with Gasteiger partial charge in [0.25, 0.3) is 0 Å². The SMILES string of the molecule is COc1ccc(Cl)c(NCC(C)C#N)c1. The fourth-order valence-electron chi connectivity index (χ4n) is 1.08. The molecule has 0 bridgehead atoms. The van der Waals surface area contributed by atoms with Gasteiger partial charge in [0.05, 0.1) is 29.8 Å². The van der Waals surface area contributed by atoms with E-state index in [0.29, 0.717) is 11.6 Å². The van der Waals surface area contributed by atoms with Gasteiger partial charge in [-0.3, -0.25) is 0 Å². The molecule has 0 amide bonds. The maximum atomic E-state index is 8.64. The van der Waals surface area contributed by atoms with Crippen LogP contribution < -0.4 is 10.1 Å². The molecule has 15 heavy (non-hydrogen) atoms. The zero-order chi connectivity index (χ0) is 11.3. The molecule has 0 aromatic heterocycles. The quantitative estimate of drug-likeness (QED) is 0.855. The van der Waals surface area contributed by atoms with Crippen molar-refractivity contribution in [2.75, 3.05) is 19.0 Å². The van der Waals surface area contributed by atoms with Crippen molar-refractivity contribution in [3.05, 3.63) is 23.2 Å². The van der Waals surface area contributed by atoms with Crippen molar-refractivity contribution in [2.24, 2.45) is 5.92 Å². The molecule has 1 rings (SSSR count). The van der Waals surface area contributed by atoms with Crippen molar-refractivity contribution in [3.8, 4) is 11.8 Å². The molecule has 1 atom stereocenters. The summed E-state index contributed by atoms with van der Waals surface area (Å²) in [7, 11) is 1.60. The average Bonchev–Trinajstić information content (AvgIpc) is 2.27. The summed E-state index contributed by atoms with van der Waals surface area (Å²) in [5.41, 5.74) is 0.790. The van der Waals surface area contributed by atoms with Gasteiger partial charge in [0, 0.05) is 12.6 Å². The lowest BCUT2D eigenvalue weighted by Crippen LogP contribution is -2.09. The Morgan fingerprint density at radius 3 is 2.93 bits per heavy atom. The molecule has 0 saturated carbocycles. The number of ether oxygens (including phenoxy) is 1. The van der Waals surface area contributed by atoms with Crippen molar-refractivity contribution in [1.29, 1.82) is 5.26 Å². The van der Waals surface area contributed by atoms with Gasteiger partial charge >= 0.3 is 0 Å². The summed E-state index contributed by atoms with van der Waals surface area (Å²) in [6.45, 7) is 2.42. The lowest BCUT2D eigenvalue weighted by Gasteiger charge is -2.10. The number of nitrogens with zero attached hydrogens (tertiary/aromatic N) is 1. The van der Waals surface area contributed by atoms with Crippen LogP contribution >= 0.6 is 11.6 Å². The van der Waals surface area contributed by atoms with E-state index in [9.17, 15) is 0 Å². The predicted octanol–water partition coefficient (Wildman–Crippen LogP) is 2.92. The number of nitrogens with one attached hydrogen (secondary N) is 1. The van der Waals surface area contributed by atoms with Crippen LogP contribution in [-0.2, 0) is 0 Å². The first kappa shape index (κ1) is 11.7. The maximum Gasteiger partial charge on any atom is 0.121 e. The third kappa shape index (κ3) is 3.34. The molecule has 0 heterocycles. The number of benzene rings is 1. The summed E-state index contributed by atoms with van der Waals surface area (Å²) in [5, 5.41) is 12.4. The van der Waals surface area contributed by atoms with Gasteiger partial charge in [-0.2, -0.15) is 5.26 Å². The summed E-state index contributed by atoms with van der Waals surface area (Å²) < 4.78 is 5.08. The first-order valence-electron chi connectivity index (χ1n) is 4.64. The number of rotatable bonds is 4. The molecule has 0 radical (unpaired) electrons. The fraction of sp³-hybridized carbons (Fsp3) is 0.364. The molecule has 3 nitrogen and oxygen atoms in total. The standard InChI is InChI=1S/C11H13ClN2O/c1-8(6-13)7-14-11-5-9(15-2)3-4-10(11)12/h3-5,8,14H,7H2,1-2H3. The second kappa shape index (κ2) is 5.47. The van der Waals surface area contributed by atoms with Crippen molar-refractivity contribution < 1.29 is 4.74 Å². The Kier molecular flexibility index (Phi) is 4.26. The zero-order valence-electron chi connectivity index (χ0n) is 8.75. The van der Waals surface area contributed by atoms with E-state index in [2.05, 4.69) is 11.4 Å². The van der Waals surface area contributed by atoms with Crippen molar-refractivity contribution in [1.82, 2.24) is 0 Å². The number of anilines is 1. The molecule has 1 unspecified atom stereocenters. The largest absolute Gasteiger partial charge is 0.497 e. The van der Waals surface area contributed by atoms with Crippen LogP contribution in [0.4, 0.5) is 5.69 Å². The molecule has 4 heteroatoms. The smallest absolute Gasteiger partial charge is 0.121 e. The maximum absolute atomic E-state index is 8.64. The number of hydrogen-bond acceptors (Lipinski definition) is 3. The van der Waals surface area contributed by atoms with Gasteiger partial charge in [-0.05, 0) is 19.1 Å². The van der Waals surface area contributed by atoms with Gasteiger partial charge in [-0.15, -0.1) is 0 Å². The zero-order valence-corrected chi connectivity index (χ0v) is 9.51. The van der Waals surface area contributed by atoms with E-state index in [-0.39, 0.29) is 5.92 Å². The molecular formula is C11H13ClN2O. The van der Waals surface area contributed by atoms with Gasteiger partial charge in [-0.25, -0.2) is 0 Å². The highest BCUT2D eigenvalue weighted by atomic mass is 35.5. The van der Waals surface area contributed by atoms with Crippen molar-refractivity contribution in [2.45, 2.75) is 6.92 Å². The van der Waals surface area contributed by atoms with Gasteiger partial charge in [0.15, 0.2) is 0 Å². The number of hydrogen-bond donors (Lipinski definition) is 1. The normalized spacial score (nSPS) is 11.6. The van der Waals surface area contributed by atoms with Gasteiger partial charge in [0.1, 0.15) is 5.75 Å². The van der Waals surface area contributed by atoms with Crippen LogP contribution in [0.2, 0.25) is 5.02 Å². The summed E-state index contributed by atoms with van der Waals surface area (Å²) in [5.74, 6) is 0.693. The lowest BCUT2D eigenvalue weighted by atomic mass is 10.2. The minimum absolute atomic E-state index is 0.0488. The van der Waals surface area contributed by atoms with E-state index in [0.717, 1.165) is 11.4 Å². The summed E-state index contributed by atoms with van der Waals surface area (Å²) in [6, 6.07) is 7.51. The Hall–Kier alpha value is -1.40. The molecule has 0 aliphatic heterocycles. The first-order valence-corrected chi connectivity index (χ1v) is 5.02. The Bertz CT molecular complexity index is 373. The minimum Gasteiger partial charge on any atom is -0.497 e. The topological polar surface area (TPSA) is 45.0 Å². The molecule has 80 valence electrons. The highest BCUT2D eigenvalue weighted by molar-refractivity contribution is 6.33. The molecule has 0 fully saturated rings. The Balaban J connectivity index is 2.71. The second-order valence-corrected chi connectivity index (χ2v) is 3.66. The first-order chi connectivity index (χ1) is 7.17. The molecule has 1 N–H and O–H groups in total. The molecule has 0 aliphatic rings. The molecule has 0 saturated heterocycles. The Morgan fingerprint density at radius 1 is 1.60 bits per heavy atom. The fourth-order valence-corrected chi connectivity index (χ4v) is 1.26. The van der Waals surface area contributed by atoms with Crippen molar-refractivity contribution in [3.63, 3.8) is 0 Å². The van der Waals surface area contributed by atoms with E-state index in [1.165, 1.54) is 0 Å². The van der Waals surface area contributed by atoms with E-state index < -0.39 is 0 Å². The lowest BCUT2D eigenvalue weighted by molar-refractivity contribution is 0.415. The highest BCUT2D eigenvalue weighted by Gasteiger charge is 2.04. The van der Waals surface area contributed by atoms with Crippen molar-refractivity contribution >= 4 is 17.3 Å². The van der Waals surface area contributed by atoms with Gasteiger partial charge < -0.3 is 10.1 Å². The van der Waals surface area contributed by atoms with Crippen LogP contribution in [0.3, 0.4) is 0 Å². The molecular weight excluding hydrogens is 212 g/mol. The molecule has 1 aromatic carbocycles. The summed E-state index contributed by atoms with van der Waals surface area (Å²) in [6.07, 6.45) is 0. The molecule has 1 aromatic rings. The molecule has 0 aliphatic carbocycles. The van der Waals surface area contributed by atoms with E-state index in [4.69, 9.17) is 21.6 Å². The van der Waals surface area contributed by atoms with Crippen LogP contribution in [0.1, 0.15) is 6.92 Å². The predicted molar refractivity (Wildman–Crippen MR) is 61.3 cm³/mol. The van der Waals surface area contributed by atoms with Crippen LogP contribution in [0.5, 0.6) is 5.75 Å². The third-order valence-corrected chi connectivity index (χ3v) is 2.32. The highest BCUT2D eigenvalue weighted by Crippen LogP contribution is 2.26. The van der Waals surface area contributed by atoms with Crippen LogP contribution in [0, 0.1) is 17.2 Å². The average molecular weight is 225 g/mol. The van der Waals surface area contributed by atoms with Gasteiger partial charge in [-0.1, -0.05) is 11.6 Å². The van der Waals surface area contributed by atoms with Crippen LogP contribution in [0.15, 0.2) is 18.2 Å². The van der Waals surface area contributed by atoms with E-state index in [1.54, 1.807) is 19.2 Å². The molecule has 0 spiro atoms. The third-order valence-electron chi connectivity index (χ3n) is 1.99. The summed E-state index contributed by atoms with van der Waals surface area (Å²) >= 11 is 5.98. The number of methoxy groups -OCH3 is 1. The summed E-state index contributed by atoms with van der Waals surface area (Å²) in [4.78, 5) is 0. The Labute approximate surface area is 94.6 Å². The monoisotopic (exact) mass is 224 g/mol. The number of halogens is 1. The number of nitriles is 1. The van der Waals surface area contributed by atoms with Crippen LogP contribution in [-0.4, -0.2) is 13.7 Å².